The van der Waals surface area contributed by atoms with Crippen LogP contribution >= 0.6 is 0 Å². The highest BCUT2D eigenvalue weighted by atomic mass is 16.5. The van der Waals surface area contributed by atoms with Gasteiger partial charge >= 0.3 is 5.97 Å². The number of hydrogen-bond donors (Lipinski definition) is 1. The van der Waals surface area contributed by atoms with Crippen molar-refractivity contribution in [3.8, 4) is 5.75 Å². The van der Waals surface area contributed by atoms with E-state index in [9.17, 15) is 4.79 Å². The lowest BCUT2D eigenvalue weighted by Gasteiger charge is -2.07. The fourth-order valence-electron chi connectivity index (χ4n) is 1.49. The summed E-state index contributed by atoms with van der Waals surface area (Å²) in [6, 6.07) is 7.52. The molecule has 1 aromatic heterocycles. The summed E-state index contributed by atoms with van der Waals surface area (Å²) in [4.78, 5) is 15.4. The van der Waals surface area contributed by atoms with E-state index in [2.05, 4.69) is 10.3 Å². The molecular formula is C13H14N2O4. The first-order valence-corrected chi connectivity index (χ1v) is 5.77. The van der Waals surface area contributed by atoms with Crippen molar-refractivity contribution in [1.82, 2.24) is 4.98 Å². The molecule has 0 aliphatic rings. The van der Waals surface area contributed by atoms with Gasteiger partial charge in [0.05, 0.1) is 25.6 Å². The lowest BCUT2D eigenvalue weighted by atomic mass is 10.3. The van der Waals surface area contributed by atoms with Gasteiger partial charge in [-0.15, -0.1) is 0 Å². The molecule has 0 spiro atoms. The van der Waals surface area contributed by atoms with Gasteiger partial charge in [-0.2, -0.15) is 0 Å². The molecule has 100 valence electrons. The van der Waals surface area contributed by atoms with Crippen LogP contribution in [0.2, 0.25) is 0 Å². The molecule has 0 saturated carbocycles. The molecule has 0 aliphatic carbocycles. The molecule has 0 atom stereocenters. The average Bonchev–Trinajstić information content (AvgIpc) is 2.88. The number of esters is 1. The number of carbonyl (C=O) groups is 1. The number of methoxy groups -OCH3 is 1. The van der Waals surface area contributed by atoms with Crippen molar-refractivity contribution < 1.29 is 18.7 Å². The second-order valence-corrected chi connectivity index (χ2v) is 3.58. The van der Waals surface area contributed by atoms with Crippen molar-refractivity contribution in [1.29, 1.82) is 0 Å². The molecule has 6 nitrogen and oxygen atoms in total. The van der Waals surface area contributed by atoms with E-state index >= 15 is 0 Å². The number of nitrogens with zero attached hydrogens (tertiary/aromatic N) is 1. The Kier molecular flexibility index (Phi) is 4.02. The van der Waals surface area contributed by atoms with E-state index < -0.39 is 5.97 Å². The number of nitrogens with one attached hydrogen (secondary N) is 1. The predicted octanol–water partition coefficient (Wildman–Crippen LogP) is 2.60. The van der Waals surface area contributed by atoms with E-state index in [0.29, 0.717) is 11.4 Å². The van der Waals surface area contributed by atoms with Crippen molar-refractivity contribution in [3.63, 3.8) is 0 Å². The molecular weight excluding hydrogens is 248 g/mol. The zero-order valence-corrected chi connectivity index (χ0v) is 10.7. The third-order valence-corrected chi connectivity index (χ3v) is 2.33. The third-order valence-electron chi connectivity index (χ3n) is 2.33. The van der Waals surface area contributed by atoms with Gasteiger partial charge in [-0.05, 0) is 19.1 Å². The Balaban J connectivity index is 2.13. The van der Waals surface area contributed by atoms with Crippen molar-refractivity contribution >= 4 is 17.7 Å². The highest BCUT2D eigenvalue weighted by Crippen LogP contribution is 2.26. The van der Waals surface area contributed by atoms with E-state index in [-0.39, 0.29) is 18.4 Å². The standard InChI is InChI=1S/C13H14N2O4/c1-3-18-12(16)11-8-14-13(19-11)15-9-6-4-5-7-10(9)17-2/h4-8H,3H2,1-2H3,(H,14,15). The van der Waals surface area contributed by atoms with Crippen LogP contribution in [0.3, 0.4) is 0 Å². The van der Waals surface area contributed by atoms with Crippen LogP contribution in [0.15, 0.2) is 34.9 Å². The number of benzene rings is 1. The number of rotatable bonds is 5. The van der Waals surface area contributed by atoms with Gasteiger partial charge in [0.15, 0.2) is 0 Å². The molecule has 0 unspecified atom stereocenters. The summed E-state index contributed by atoms with van der Waals surface area (Å²) in [6.07, 6.45) is 1.32. The Labute approximate surface area is 110 Å². The Morgan fingerprint density at radius 2 is 2.21 bits per heavy atom. The van der Waals surface area contributed by atoms with Crippen molar-refractivity contribution in [2.45, 2.75) is 6.92 Å². The number of aromatic nitrogens is 1. The average molecular weight is 262 g/mol. The fraction of sp³-hybridized carbons (Fsp3) is 0.231. The number of para-hydroxylation sites is 2. The first kappa shape index (κ1) is 12.9. The van der Waals surface area contributed by atoms with Crippen LogP contribution in [0, 0.1) is 0 Å². The number of hydrogen-bond acceptors (Lipinski definition) is 6. The molecule has 0 aliphatic heterocycles. The minimum atomic E-state index is -0.539. The molecule has 0 fully saturated rings. The van der Waals surface area contributed by atoms with E-state index in [1.165, 1.54) is 6.20 Å². The lowest BCUT2D eigenvalue weighted by Crippen LogP contribution is -2.02. The molecule has 0 saturated heterocycles. The number of oxazole rings is 1. The fourth-order valence-corrected chi connectivity index (χ4v) is 1.49. The highest BCUT2D eigenvalue weighted by molar-refractivity contribution is 5.86. The van der Waals surface area contributed by atoms with E-state index in [4.69, 9.17) is 13.9 Å². The molecule has 0 bridgehead atoms. The summed E-state index contributed by atoms with van der Waals surface area (Å²) >= 11 is 0. The van der Waals surface area contributed by atoms with Crippen molar-refractivity contribution in [3.05, 3.63) is 36.2 Å². The molecule has 6 heteroatoms. The van der Waals surface area contributed by atoms with Gasteiger partial charge in [0.2, 0.25) is 5.76 Å². The minimum absolute atomic E-state index is 0.0549. The van der Waals surface area contributed by atoms with Crippen LogP contribution < -0.4 is 10.1 Å². The van der Waals surface area contributed by atoms with Gasteiger partial charge in [0, 0.05) is 0 Å². The van der Waals surface area contributed by atoms with Gasteiger partial charge in [0.25, 0.3) is 6.01 Å². The molecule has 2 rings (SSSR count). The second-order valence-electron chi connectivity index (χ2n) is 3.58. The SMILES string of the molecule is CCOC(=O)c1cnc(Nc2ccccc2OC)o1. The summed E-state index contributed by atoms with van der Waals surface area (Å²) < 4.78 is 15.2. The maximum atomic E-state index is 11.4. The summed E-state index contributed by atoms with van der Waals surface area (Å²) in [5, 5.41) is 2.93. The van der Waals surface area contributed by atoms with Crippen molar-refractivity contribution in [2.75, 3.05) is 19.0 Å². The van der Waals surface area contributed by atoms with Crippen LogP contribution in [0.25, 0.3) is 0 Å². The van der Waals surface area contributed by atoms with Gasteiger partial charge in [-0.3, -0.25) is 0 Å². The smallest absolute Gasteiger partial charge is 0.376 e. The summed E-state index contributed by atoms with van der Waals surface area (Å²) in [6.45, 7) is 2.01. The van der Waals surface area contributed by atoms with Crippen LogP contribution in [0.4, 0.5) is 11.7 Å². The Hall–Kier alpha value is -2.50. The predicted molar refractivity (Wildman–Crippen MR) is 68.7 cm³/mol. The maximum absolute atomic E-state index is 11.4. The highest BCUT2D eigenvalue weighted by Gasteiger charge is 2.14. The monoisotopic (exact) mass is 262 g/mol. The zero-order chi connectivity index (χ0) is 13.7. The second kappa shape index (κ2) is 5.90. The molecule has 2 aromatic rings. The first-order chi connectivity index (χ1) is 9.24. The largest absolute Gasteiger partial charge is 0.495 e. The normalized spacial score (nSPS) is 10.0. The summed E-state index contributed by atoms with van der Waals surface area (Å²) in [5.41, 5.74) is 0.697. The van der Waals surface area contributed by atoms with Crippen LogP contribution in [-0.2, 0) is 4.74 Å². The topological polar surface area (TPSA) is 73.6 Å². The Morgan fingerprint density at radius 3 is 2.95 bits per heavy atom. The van der Waals surface area contributed by atoms with E-state index in [1.807, 2.05) is 18.2 Å². The van der Waals surface area contributed by atoms with Gasteiger partial charge in [-0.25, -0.2) is 9.78 Å². The maximum Gasteiger partial charge on any atom is 0.376 e. The van der Waals surface area contributed by atoms with Crippen LogP contribution in [-0.4, -0.2) is 24.7 Å². The Morgan fingerprint density at radius 1 is 1.42 bits per heavy atom. The van der Waals surface area contributed by atoms with E-state index in [0.717, 1.165) is 0 Å². The number of anilines is 2. The van der Waals surface area contributed by atoms with Crippen molar-refractivity contribution in [2.24, 2.45) is 0 Å². The zero-order valence-electron chi connectivity index (χ0n) is 10.7. The summed E-state index contributed by atoms with van der Waals surface area (Å²) in [5.74, 6) is 0.167. The van der Waals surface area contributed by atoms with Gasteiger partial charge in [0.1, 0.15) is 5.75 Å². The molecule has 1 heterocycles. The molecule has 19 heavy (non-hydrogen) atoms. The van der Waals surface area contributed by atoms with E-state index in [1.54, 1.807) is 20.1 Å². The summed E-state index contributed by atoms with van der Waals surface area (Å²) in [7, 11) is 1.57. The minimum Gasteiger partial charge on any atom is -0.495 e. The molecule has 0 radical (unpaired) electrons. The number of carbonyl (C=O) groups excluding carboxylic acids is 1. The Bertz CT molecular complexity index is 565. The molecule has 1 N–H and O–H groups in total. The lowest BCUT2D eigenvalue weighted by molar-refractivity contribution is 0.0491. The molecule has 1 aromatic carbocycles. The third kappa shape index (κ3) is 3.04. The van der Waals surface area contributed by atoms with Crippen LogP contribution in [0.1, 0.15) is 17.5 Å². The van der Waals surface area contributed by atoms with Gasteiger partial charge < -0.3 is 19.2 Å². The number of ether oxygens (including phenoxy) is 2. The first-order valence-electron chi connectivity index (χ1n) is 5.77. The molecule has 0 amide bonds. The van der Waals surface area contributed by atoms with Crippen LogP contribution in [0.5, 0.6) is 5.75 Å². The quantitative estimate of drug-likeness (QED) is 0.835. The van der Waals surface area contributed by atoms with Gasteiger partial charge in [-0.1, -0.05) is 12.1 Å².